The van der Waals surface area contributed by atoms with E-state index in [0.717, 1.165) is 21.6 Å². The molecular formula is C29H28N2O2S. The fourth-order valence-corrected chi connectivity index (χ4v) is 4.64. The zero-order chi connectivity index (χ0) is 23.6. The number of hydrogen-bond donors (Lipinski definition) is 1. The summed E-state index contributed by atoms with van der Waals surface area (Å²) in [5.41, 5.74) is 2.96. The Morgan fingerprint density at radius 2 is 1.38 bits per heavy atom. The number of benzene rings is 3. The van der Waals surface area contributed by atoms with Crippen molar-refractivity contribution in [3.05, 3.63) is 130 Å². The molecule has 0 aliphatic rings. The van der Waals surface area contributed by atoms with Crippen molar-refractivity contribution in [3.63, 3.8) is 0 Å². The van der Waals surface area contributed by atoms with Gasteiger partial charge in [-0.3, -0.25) is 9.59 Å². The summed E-state index contributed by atoms with van der Waals surface area (Å²) < 4.78 is 0. The molecule has 5 heteroatoms. The van der Waals surface area contributed by atoms with E-state index in [0.29, 0.717) is 19.5 Å². The maximum Gasteiger partial charge on any atom is 0.247 e. The molecule has 3 aromatic carbocycles. The van der Waals surface area contributed by atoms with Gasteiger partial charge in [-0.2, -0.15) is 0 Å². The van der Waals surface area contributed by atoms with Crippen LogP contribution in [0.15, 0.2) is 109 Å². The zero-order valence-corrected chi connectivity index (χ0v) is 19.8. The van der Waals surface area contributed by atoms with E-state index in [9.17, 15) is 9.59 Å². The topological polar surface area (TPSA) is 49.4 Å². The lowest BCUT2D eigenvalue weighted by Crippen LogP contribution is -2.45. The fraction of sp³-hybridized carbons (Fsp3) is 0.172. The highest BCUT2D eigenvalue weighted by atomic mass is 32.1. The minimum atomic E-state index is -0.707. The van der Waals surface area contributed by atoms with Crippen molar-refractivity contribution in [1.82, 2.24) is 10.2 Å². The summed E-state index contributed by atoms with van der Waals surface area (Å²) in [6, 6.07) is 32.7. The van der Waals surface area contributed by atoms with Gasteiger partial charge in [0.25, 0.3) is 0 Å². The highest BCUT2D eigenvalue weighted by molar-refractivity contribution is 7.10. The Morgan fingerprint density at radius 1 is 0.765 bits per heavy atom. The van der Waals surface area contributed by atoms with E-state index in [1.807, 2.05) is 96.4 Å². The molecule has 0 saturated heterocycles. The second kappa shape index (κ2) is 12.0. The molecule has 0 radical (unpaired) electrons. The molecule has 1 unspecified atom stereocenters. The first-order chi connectivity index (χ1) is 16.7. The van der Waals surface area contributed by atoms with Crippen molar-refractivity contribution < 1.29 is 9.59 Å². The van der Waals surface area contributed by atoms with Crippen LogP contribution >= 0.6 is 11.3 Å². The lowest BCUT2D eigenvalue weighted by Gasteiger charge is -2.31. The summed E-state index contributed by atoms with van der Waals surface area (Å²) >= 11 is 1.56. The van der Waals surface area contributed by atoms with Crippen LogP contribution in [0.2, 0.25) is 0 Å². The Morgan fingerprint density at radius 3 is 2.00 bits per heavy atom. The highest BCUT2D eigenvalue weighted by Gasteiger charge is 2.31. The van der Waals surface area contributed by atoms with Crippen LogP contribution in [0.5, 0.6) is 0 Å². The Kier molecular flexibility index (Phi) is 8.25. The van der Waals surface area contributed by atoms with Gasteiger partial charge in [-0.15, -0.1) is 11.3 Å². The van der Waals surface area contributed by atoms with Crippen LogP contribution in [-0.4, -0.2) is 23.3 Å². The van der Waals surface area contributed by atoms with Crippen LogP contribution < -0.4 is 5.32 Å². The SMILES string of the molecule is O=C(NCc1ccccc1)C(c1ccccc1)N(CCc1ccccc1)C(=O)Cc1cccs1. The largest absolute Gasteiger partial charge is 0.350 e. The Hall–Kier alpha value is -3.70. The molecule has 4 aromatic rings. The van der Waals surface area contributed by atoms with Crippen molar-refractivity contribution in [2.24, 2.45) is 0 Å². The first-order valence-corrected chi connectivity index (χ1v) is 12.3. The van der Waals surface area contributed by atoms with Crippen molar-refractivity contribution >= 4 is 23.2 Å². The van der Waals surface area contributed by atoms with Crippen LogP contribution in [0.4, 0.5) is 0 Å². The number of hydrogen-bond acceptors (Lipinski definition) is 3. The number of thiophene rings is 1. The predicted molar refractivity (Wildman–Crippen MR) is 137 cm³/mol. The van der Waals surface area contributed by atoms with Gasteiger partial charge in [-0.05, 0) is 34.6 Å². The number of nitrogens with one attached hydrogen (secondary N) is 1. The van der Waals surface area contributed by atoms with E-state index in [1.54, 1.807) is 16.2 Å². The molecule has 4 nitrogen and oxygen atoms in total. The van der Waals surface area contributed by atoms with Gasteiger partial charge >= 0.3 is 0 Å². The van der Waals surface area contributed by atoms with E-state index in [2.05, 4.69) is 17.4 Å². The summed E-state index contributed by atoms with van der Waals surface area (Å²) in [5, 5.41) is 5.03. The van der Waals surface area contributed by atoms with Gasteiger partial charge in [0.1, 0.15) is 6.04 Å². The van der Waals surface area contributed by atoms with Gasteiger partial charge in [0.15, 0.2) is 0 Å². The molecule has 4 rings (SSSR count). The van der Waals surface area contributed by atoms with Crippen LogP contribution in [0, 0.1) is 0 Å². The minimum Gasteiger partial charge on any atom is -0.350 e. The number of carbonyl (C=O) groups is 2. The maximum atomic E-state index is 13.6. The molecule has 1 N–H and O–H groups in total. The summed E-state index contributed by atoms with van der Waals surface area (Å²) in [5.74, 6) is -0.232. The second-order valence-electron chi connectivity index (χ2n) is 8.10. The van der Waals surface area contributed by atoms with Gasteiger partial charge in [0, 0.05) is 18.0 Å². The summed E-state index contributed by atoms with van der Waals surface area (Å²) in [6.45, 7) is 0.862. The fourth-order valence-electron chi connectivity index (χ4n) is 3.95. The highest BCUT2D eigenvalue weighted by Crippen LogP contribution is 2.24. The maximum absolute atomic E-state index is 13.6. The lowest BCUT2D eigenvalue weighted by atomic mass is 10.0. The van der Waals surface area contributed by atoms with Crippen molar-refractivity contribution in [1.29, 1.82) is 0 Å². The Bertz CT molecular complexity index is 1160. The number of rotatable bonds is 10. The molecule has 2 amide bonds. The average Bonchev–Trinajstić information content (AvgIpc) is 3.40. The third-order valence-corrected chi connectivity index (χ3v) is 6.57. The van der Waals surface area contributed by atoms with Gasteiger partial charge in [0.05, 0.1) is 6.42 Å². The molecule has 0 aliphatic carbocycles. The van der Waals surface area contributed by atoms with E-state index in [4.69, 9.17) is 0 Å². The monoisotopic (exact) mass is 468 g/mol. The van der Waals surface area contributed by atoms with Gasteiger partial charge in [-0.1, -0.05) is 97.1 Å². The van der Waals surface area contributed by atoms with Gasteiger partial charge in [0.2, 0.25) is 11.8 Å². The molecule has 0 spiro atoms. The van der Waals surface area contributed by atoms with Crippen LogP contribution in [0.1, 0.15) is 27.6 Å². The minimum absolute atomic E-state index is 0.0536. The summed E-state index contributed by atoms with van der Waals surface area (Å²) in [6.07, 6.45) is 0.952. The Balaban J connectivity index is 1.61. The smallest absolute Gasteiger partial charge is 0.247 e. The molecule has 0 aliphatic heterocycles. The zero-order valence-electron chi connectivity index (χ0n) is 19.0. The third-order valence-electron chi connectivity index (χ3n) is 5.70. The van der Waals surface area contributed by atoms with Crippen LogP contribution in [0.3, 0.4) is 0 Å². The van der Waals surface area contributed by atoms with Crippen molar-refractivity contribution in [2.75, 3.05) is 6.54 Å². The van der Waals surface area contributed by atoms with Gasteiger partial charge < -0.3 is 10.2 Å². The van der Waals surface area contributed by atoms with Gasteiger partial charge in [-0.25, -0.2) is 0 Å². The van der Waals surface area contributed by atoms with E-state index >= 15 is 0 Å². The molecule has 0 fully saturated rings. The van der Waals surface area contributed by atoms with E-state index in [-0.39, 0.29) is 18.2 Å². The van der Waals surface area contributed by atoms with E-state index in [1.165, 1.54) is 0 Å². The molecule has 1 aromatic heterocycles. The molecule has 1 atom stereocenters. The van der Waals surface area contributed by atoms with Crippen LogP contribution in [0.25, 0.3) is 0 Å². The molecule has 172 valence electrons. The number of nitrogens with zero attached hydrogens (tertiary/aromatic N) is 1. The molecule has 0 saturated carbocycles. The van der Waals surface area contributed by atoms with Crippen molar-refractivity contribution in [3.8, 4) is 0 Å². The number of carbonyl (C=O) groups excluding carboxylic acids is 2. The van der Waals surface area contributed by atoms with E-state index < -0.39 is 6.04 Å². The second-order valence-corrected chi connectivity index (χ2v) is 9.13. The predicted octanol–water partition coefficient (Wildman–Crippen LogP) is 5.42. The molecule has 0 bridgehead atoms. The summed E-state index contributed by atoms with van der Waals surface area (Å²) in [7, 11) is 0. The standard InChI is InChI=1S/C29H28N2O2S/c32-27(21-26-17-10-20-34-26)31(19-18-23-11-4-1-5-12-23)28(25-15-8-3-9-16-25)29(33)30-22-24-13-6-2-7-14-24/h1-17,20,28H,18-19,21-22H2,(H,30,33). The summed E-state index contributed by atoms with van der Waals surface area (Å²) in [4.78, 5) is 29.9. The van der Waals surface area contributed by atoms with Crippen LogP contribution in [-0.2, 0) is 29.0 Å². The lowest BCUT2D eigenvalue weighted by molar-refractivity contribution is -0.140. The third kappa shape index (κ3) is 6.42. The Labute approximate surface area is 204 Å². The molecule has 1 heterocycles. The number of amides is 2. The first kappa shape index (κ1) is 23.5. The van der Waals surface area contributed by atoms with Crippen molar-refractivity contribution in [2.45, 2.75) is 25.4 Å². The first-order valence-electron chi connectivity index (χ1n) is 11.4. The quantitative estimate of drug-likeness (QED) is 0.338. The normalized spacial score (nSPS) is 11.5. The molecule has 34 heavy (non-hydrogen) atoms. The average molecular weight is 469 g/mol. The molecular weight excluding hydrogens is 440 g/mol.